The van der Waals surface area contributed by atoms with Crippen molar-refractivity contribution in [3.63, 3.8) is 0 Å². The Bertz CT molecular complexity index is 295. The lowest BCUT2D eigenvalue weighted by Crippen LogP contribution is -2.51. The summed E-state index contributed by atoms with van der Waals surface area (Å²) in [4.78, 5) is 5.52. The van der Waals surface area contributed by atoms with Crippen molar-refractivity contribution in [1.82, 2.24) is 15.1 Å². The molecule has 3 aliphatic rings. The maximum Gasteiger partial charge on any atom is 0.0128 e. The van der Waals surface area contributed by atoms with Gasteiger partial charge in [0.2, 0.25) is 0 Å². The van der Waals surface area contributed by atoms with Gasteiger partial charge in [0, 0.05) is 24.2 Å². The third kappa shape index (κ3) is 3.20. The van der Waals surface area contributed by atoms with Crippen molar-refractivity contribution in [3.8, 4) is 0 Å². The molecule has 0 radical (unpaired) electrons. The number of rotatable bonds is 4. The van der Waals surface area contributed by atoms with Gasteiger partial charge >= 0.3 is 0 Å². The zero-order valence-electron chi connectivity index (χ0n) is 13.5. The van der Waals surface area contributed by atoms with Gasteiger partial charge in [-0.1, -0.05) is 13.8 Å². The normalized spacial score (nSPS) is 39.1. The van der Waals surface area contributed by atoms with Crippen molar-refractivity contribution >= 4 is 0 Å². The number of hydrogen-bond donors (Lipinski definition) is 1. The van der Waals surface area contributed by atoms with Gasteiger partial charge < -0.3 is 10.2 Å². The van der Waals surface area contributed by atoms with Crippen LogP contribution in [0.2, 0.25) is 0 Å². The summed E-state index contributed by atoms with van der Waals surface area (Å²) in [6.45, 7) is 9.81. The van der Waals surface area contributed by atoms with Gasteiger partial charge in [0.15, 0.2) is 0 Å². The maximum absolute atomic E-state index is 3.80. The van der Waals surface area contributed by atoms with Crippen LogP contribution >= 0.6 is 0 Å². The summed E-state index contributed by atoms with van der Waals surface area (Å²) in [6, 6.07) is 3.35. The largest absolute Gasteiger partial charge is 0.311 e. The fourth-order valence-electron chi connectivity index (χ4n) is 4.90. The molecular weight excluding hydrogens is 246 g/mol. The zero-order chi connectivity index (χ0) is 13.9. The third-order valence-corrected chi connectivity index (χ3v) is 5.99. The van der Waals surface area contributed by atoms with Gasteiger partial charge in [-0.05, 0) is 71.1 Å². The molecule has 2 bridgehead atoms. The second-order valence-corrected chi connectivity index (χ2v) is 7.11. The summed E-state index contributed by atoms with van der Waals surface area (Å²) in [5.74, 6) is 0. The van der Waals surface area contributed by atoms with Crippen molar-refractivity contribution < 1.29 is 0 Å². The van der Waals surface area contributed by atoms with E-state index in [4.69, 9.17) is 0 Å². The first-order chi connectivity index (χ1) is 9.80. The van der Waals surface area contributed by atoms with Gasteiger partial charge in [0.25, 0.3) is 0 Å². The number of fused-ring (bicyclic) bond motifs is 2. The van der Waals surface area contributed by atoms with E-state index in [1.807, 2.05) is 0 Å². The van der Waals surface area contributed by atoms with Crippen molar-refractivity contribution in [3.05, 3.63) is 0 Å². The Morgan fingerprint density at radius 3 is 2.35 bits per heavy atom. The highest BCUT2D eigenvalue weighted by molar-refractivity contribution is 4.97. The molecule has 0 aromatic carbocycles. The summed E-state index contributed by atoms with van der Waals surface area (Å²) in [5, 5.41) is 3.80. The second-order valence-electron chi connectivity index (χ2n) is 7.11. The van der Waals surface area contributed by atoms with E-state index in [1.165, 1.54) is 71.1 Å². The predicted molar refractivity (Wildman–Crippen MR) is 85.1 cm³/mol. The van der Waals surface area contributed by atoms with Crippen molar-refractivity contribution in [1.29, 1.82) is 0 Å². The van der Waals surface area contributed by atoms with Crippen LogP contribution in [0.3, 0.4) is 0 Å². The molecule has 3 heteroatoms. The molecule has 0 saturated carbocycles. The van der Waals surface area contributed by atoms with Crippen molar-refractivity contribution in [2.45, 2.75) is 83.0 Å². The molecule has 20 heavy (non-hydrogen) atoms. The van der Waals surface area contributed by atoms with Gasteiger partial charge in [-0.25, -0.2) is 0 Å². The van der Waals surface area contributed by atoms with Crippen LogP contribution in [0, 0.1) is 0 Å². The van der Waals surface area contributed by atoms with Crippen molar-refractivity contribution in [2.75, 3.05) is 26.2 Å². The van der Waals surface area contributed by atoms with E-state index >= 15 is 0 Å². The Kier molecular flexibility index (Phi) is 5.00. The maximum atomic E-state index is 3.80. The van der Waals surface area contributed by atoms with E-state index in [9.17, 15) is 0 Å². The lowest BCUT2D eigenvalue weighted by molar-refractivity contribution is 0.0907. The van der Waals surface area contributed by atoms with Crippen LogP contribution < -0.4 is 5.32 Å². The average molecular weight is 279 g/mol. The minimum Gasteiger partial charge on any atom is -0.311 e. The monoisotopic (exact) mass is 279 g/mol. The zero-order valence-corrected chi connectivity index (χ0v) is 13.5. The molecule has 3 aliphatic heterocycles. The SMILES string of the molecule is CCN1CCCC(N(CC)C2CC3CCC(C2)N3)CC1. The van der Waals surface area contributed by atoms with E-state index in [2.05, 4.69) is 29.0 Å². The topological polar surface area (TPSA) is 18.5 Å². The van der Waals surface area contributed by atoms with E-state index in [0.29, 0.717) is 0 Å². The van der Waals surface area contributed by atoms with E-state index in [-0.39, 0.29) is 0 Å². The van der Waals surface area contributed by atoms with Gasteiger partial charge in [-0.15, -0.1) is 0 Å². The lowest BCUT2D eigenvalue weighted by Gasteiger charge is -2.41. The van der Waals surface area contributed by atoms with Crippen LogP contribution in [-0.2, 0) is 0 Å². The highest BCUT2D eigenvalue weighted by Crippen LogP contribution is 2.32. The quantitative estimate of drug-likeness (QED) is 0.853. The van der Waals surface area contributed by atoms with Crippen LogP contribution in [0.25, 0.3) is 0 Å². The van der Waals surface area contributed by atoms with Crippen LogP contribution in [-0.4, -0.2) is 60.1 Å². The molecule has 0 aliphatic carbocycles. The molecule has 3 atom stereocenters. The molecule has 3 rings (SSSR count). The van der Waals surface area contributed by atoms with Crippen molar-refractivity contribution in [2.24, 2.45) is 0 Å². The standard InChI is InChI=1S/C17H33N3/c1-3-19-10-5-6-16(9-11-19)20(4-2)17-12-14-7-8-15(13-17)18-14/h14-18H,3-13H2,1-2H3. The van der Waals surface area contributed by atoms with E-state index < -0.39 is 0 Å². The molecular formula is C17H33N3. The minimum absolute atomic E-state index is 0.825. The number of hydrogen-bond acceptors (Lipinski definition) is 3. The molecule has 0 spiro atoms. The third-order valence-electron chi connectivity index (χ3n) is 5.99. The molecule has 0 amide bonds. The van der Waals surface area contributed by atoms with Crippen LogP contribution in [0.4, 0.5) is 0 Å². The molecule has 0 aromatic heterocycles. The fraction of sp³-hybridized carbons (Fsp3) is 1.00. The smallest absolute Gasteiger partial charge is 0.0128 e. The summed E-state index contributed by atoms with van der Waals surface area (Å²) in [6.07, 6.45) is 9.86. The first-order valence-electron chi connectivity index (χ1n) is 9.04. The fourth-order valence-corrected chi connectivity index (χ4v) is 4.90. The van der Waals surface area contributed by atoms with E-state index in [1.54, 1.807) is 0 Å². The second kappa shape index (κ2) is 6.76. The number of piperidine rings is 1. The van der Waals surface area contributed by atoms with E-state index in [0.717, 1.165) is 24.2 Å². The Morgan fingerprint density at radius 1 is 0.950 bits per heavy atom. The average Bonchev–Trinajstić information content (AvgIpc) is 2.67. The van der Waals surface area contributed by atoms with Gasteiger partial charge in [0.05, 0.1) is 0 Å². The molecule has 3 saturated heterocycles. The number of nitrogens with zero attached hydrogens (tertiary/aromatic N) is 2. The van der Waals surface area contributed by atoms with Crippen LogP contribution in [0.5, 0.6) is 0 Å². The van der Waals surface area contributed by atoms with Crippen LogP contribution in [0.1, 0.15) is 58.8 Å². The lowest BCUT2D eigenvalue weighted by atomic mass is 9.95. The first-order valence-corrected chi connectivity index (χ1v) is 9.04. The Morgan fingerprint density at radius 2 is 1.70 bits per heavy atom. The Labute approximate surface area is 125 Å². The number of likely N-dealkylation sites (tertiary alicyclic amines) is 1. The molecule has 3 unspecified atom stereocenters. The minimum atomic E-state index is 0.825. The first kappa shape index (κ1) is 14.8. The molecule has 1 N–H and O–H groups in total. The van der Waals surface area contributed by atoms with Gasteiger partial charge in [0.1, 0.15) is 0 Å². The summed E-state index contributed by atoms with van der Waals surface area (Å²) in [7, 11) is 0. The molecule has 3 nitrogen and oxygen atoms in total. The molecule has 3 heterocycles. The number of nitrogens with one attached hydrogen (secondary N) is 1. The van der Waals surface area contributed by atoms with Gasteiger partial charge in [-0.2, -0.15) is 0 Å². The molecule has 116 valence electrons. The van der Waals surface area contributed by atoms with Crippen LogP contribution in [0.15, 0.2) is 0 Å². The Balaban J connectivity index is 1.61. The predicted octanol–water partition coefficient (Wildman–Crippen LogP) is 2.47. The van der Waals surface area contributed by atoms with Gasteiger partial charge in [-0.3, -0.25) is 4.90 Å². The summed E-state index contributed by atoms with van der Waals surface area (Å²) < 4.78 is 0. The molecule has 3 fully saturated rings. The Hall–Kier alpha value is -0.120. The molecule has 0 aromatic rings. The summed E-state index contributed by atoms with van der Waals surface area (Å²) in [5.41, 5.74) is 0. The highest BCUT2D eigenvalue weighted by Gasteiger charge is 2.37. The highest BCUT2D eigenvalue weighted by atomic mass is 15.2. The summed E-state index contributed by atoms with van der Waals surface area (Å²) >= 11 is 0.